The molecule has 0 fully saturated rings. The molecule has 5 nitrogen and oxygen atoms in total. The van der Waals surface area contributed by atoms with Gasteiger partial charge < -0.3 is 11.1 Å². The Morgan fingerprint density at radius 2 is 1.95 bits per heavy atom. The third-order valence-electron chi connectivity index (χ3n) is 3.21. The monoisotopic (exact) mass is 328 g/mol. The summed E-state index contributed by atoms with van der Waals surface area (Å²) in [5.41, 5.74) is 7.24. The molecular weight excluding hydrogens is 311 g/mol. The van der Waals surface area contributed by atoms with Gasteiger partial charge in [0, 0.05) is 6.54 Å². The highest BCUT2D eigenvalue weighted by Crippen LogP contribution is 2.30. The molecular formula is C14H18Cl2N4O. The Balaban J connectivity index is 2.39. The minimum atomic E-state index is -0.481. The highest BCUT2D eigenvalue weighted by Gasteiger charge is 2.21. The van der Waals surface area contributed by atoms with Gasteiger partial charge in [-0.3, -0.25) is 9.36 Å². The van der Waals surface area contributed by atoms with E-state index in [1.807, 2.05) is 13.8 Å². The first-order valence-corrected chi connectivity index (χ1v) is 7.47. The molecule has 1 unspecified atom stereocenters. The largest absolute Gasteiger partial charge is 0.369 e. The highest BCUT2D eigenvalue weighted by atomic mass is 35.5. The molecule has 1 atom stereocenters. The summed E-state index contributed by atoms with van der Waals surface area (Å²) < 4.78 is 1.66. The van der Waals surface area contributed by atoms with E-state index >= 15 is 0 Å². The number of benzene rings is 1. The Hall–Kier alpha value is -1.46. The van der Waals surface area contributed by atoms with E-state index in [1.165, 1.54) is 0 Å². The molecule has 0 radical (unpaired) electrons. The van der Waals surface area contributed by atoms with Crippen LogP contribution in [0.1, 0.15) is 26.8 Å². The second kappa shape index (κ2) is 6.12. The zero-order valence-corrected chi connectivity index (χ0v) is 13.7. The molecule has 2 rings (SSSR count). The lowest BCUT2D eigenvalue weighted by Gasteiger charge is -2.17. The van der Waals surface area contributed by atoms with Crippen molar-refractivity contribution in [3.8, 4) is 0 Å². The molecule has 21 heavy (non-hydrogen) atoms. The molecule has 0 bridgehead atoms. The number of nitrogen functional groups attached to an aromatic ring is 1. The van der Waals surface area contributed by atoms with E-state index in [4.69, 9.17) is 28.9 Å². The molecule has 0 saturated heterocycles. The van der Waals surface area contributed by atoms with Crippen LogP contribution in [-0.4, -0.2) is 22.0 Å². The van der Waals surface area contributed by atoms with Gasteiger partial charge in [0.25, 0.3) is 0 Å². The number of fused-ring (bicyclic) bond motifs is 1. The third-order valence-corrected chi connectivity index (χ3v) is 3.93. The minimum absolute atomic E-state index is 0.110. The van der Waals surface area contributed by atoms with Gasteiger partial charge >= 0.3 is 0 Å². The first kappa shape index (κ1) is 15.9. The summed E-state index contributed by atoms with van der Waals surface area (Å²) >= 11 is 12.0. The summed E-state index contributed by atoms with van der Waals surface area (Å²) in [6.07, 6.45) is 0. The average molecular weight is 329 g/mol. The summed E-state index contributed by atoms with van der Waals surface area (Å²) in [6, 6.07) is 2.84. The highest BCUT2D eigenvalue weighted by molar-refractivity contribution is 6.42. The number of rotatable bonds is 4. The second-order valence-corrected chi connectivity index (χ2v) is 6.22. The summed E-state index contributed by atoms with van der Waals surface area (Å²) in [7, 11) is 0. The van der Waals surface area contributed by atoms with Crippen LogP contribution < -0.4 is 11.1 Å². The maximum atomic E-state index is 12.2. The van der Waals surface area contributed by atoms with E-state index in [2.05, 4.69) is 10.3 Å². The van der Waals surface area contributed by atoms with Gasteiger partial charge in [-0.15, -0.1) is 0 Å². The molecule has 0 aliphatic rings. The van der Waals surface area contributed by atoms with Crippen molar-refractivity contribution >= 4 is 46.1 Å². The molecule has 3 N–H and O–H groups in total. The van der Waals surface area contributed by atoms with Gasteiger partial charge in [-0.05, 0) is 25.0 Å². The first-order chi connectivity index (χ1) is 9.81. The molecule has 114 valence electrons. The normalized spacial score (nSPS) is 12.9. The van der Waals surface area contributed by atoms with Crippen molar-refractivity contribution in [3.05, 3.63) is 22.2 Å². The Kier molecular flexibility index (Phi) is 4.64. The maximum absolute atomic E-state index is 12.2. The number of nitrogens with one attached hydrogen (secondary N) is 1. The van der Waals surface area contributed by atoms with E-state index in [1.54, 1.807) is 23.6 Å². The van der Waals surface area contributed by atoms with Crippen molar-refractivity contribution in [2.24, 2.45) is 5.92 Å². The van der Waals surface area contributed by atoms with Crippen LogP contribution in [0.5, 0.6) is 0 Å². The van der Waals surface area contributed by atoms with Crippen LogP contribution in [0, 0.1) is 5.92 Å². The molecule has 0 saturated carbocycles. The molecule has 1 aromatic heterocycles. The maximum Gasteiger partial charge on any atom is 0.242 e. The predicted octanol–water partition coefficient (Wildman–Crippen LogP) is 3.26. The molecule has 1 heterocycles. The van der Waals surface area contributed by atoms with E-state index in [0.717, 1.165) is 0 Å². The van der Waals surface area contributed by atoms with Crippen molar-refractivity contribution in [2.75, 3.05) is 12.3 Å². The van der Waals surface area contributed by atoms with Gasteiger partial charge in [0.05, 0.1) is 21.1 Å². The number of amides is 1. The van der Waals surface area contributed by atoms with Crippen molar-refractivity contribution in [3.63, 3.8) is 0 Å². The van der Waals surface area contributed by atoms with Crippen LogP contribution in [0.3, 0.4) is 0 Å². The number of anilines is 1. The van der Waals surface area contributed by atoms with Crippen molar-refractivity contribution in [1.29, 1.82) is 0 Å². The fraction of sp³-hybridized carbons (Fsp3) is 0.429. The zero-order valence-electron chi connectivity index (χ0n) is 12.2. The molecule has 0 aliphatic heterocycles. The summed E-state index contributed by atoms with van der Waals surface area (Å²) in [5, 5.41) is 3.70. The molecule has 7 heteroatoms. The van der Waals surface area contributed by atoms with Gasteiger partial charge in [0.1, 0.15) is 6.04 Å². The Labute approximate surface area is 133 Å². The van der Waals surface area contributed by atoms with Gasteiger partial charge in [0.2, 0.25) is 11.9 Å². The lowest BCUT2D eigenvalue weighted by atomic mass is 10.2. The van der Waals surface area contributed by atoms with Gasteiger partial charge in [-0.1, -0.05) is 37.0 Å². The average Bonchev–Trinajstić information content (AvgIpc) is 2.71. The molecule has 0 aliphatic carbocycles. The predicted molar refractivity (Wildman–Crippen MR) is 86.7 cm³/mol. The van der Waals surface area contributed by atoms with E-state index in [-0.39, 0.29) is 11.9 Å². The summed E-state index contributed by atoms with van der Waals surface area (Å²) in [4.78, 5) is 16.5. The van der Waals surface area contributed by atoms with Crippen LogP contribution in [-0.2, 0) is 4.79 Å². The number of imidazole rings is 1. The number of nitrogens with two attached hydrogens (primary N) is 1. The Morgan fingerprint density at radius 1 is 1.33 bits per heavy atom. The van der Waals surface area contributed by atoms with Crippen molar-refractivity contribution < 1.29 is 4.79 Å². The zero-order chi connectivity index (χ0) is 15.7. The minimum Gasteiger partial charge on any atom is -0.369 e. The van der Waals surface area contributed by atoms with Crippen LogP contribution in [0.4, 0.5) is 5.95 Å². The van der Waals surface area contributed by atoms with E-state index in [0.29, 0.717) is 33.5 Å². The van der Waals surface area contributed by atoms with Crippen LogP contribution in [0.15, 0.2) is 12.1 Å². The summed E-state index contributed by atoms with van der Waals surface area (Å²) in [6.45, 7) is 6.46. The number of aromatic nitrogens is 2. The van der Waals surface area contributed by atoms with E-state index < -0.39 is 6.04 Å². The number of hydrogen-bond acceptors (Lipinski definition) is 3. The Bertz CT molecular complexity index is 681. The first-order valence-electron chi connectivity index (χ1n) is 6.71. The number of hydrogen-bond donors (Lipinski definition) is 2. The summed E-state index contributed by atoms with van der Waals surface area (Å²) in [5.74, 6) is 0.530. The van der Waals surface area contributed by atoms with Gasteiger partial charge in [-0.2, -0.15) is 0 Å². The number of nitrogens with zero attached hydrogens (tertiary/aromatic N) is 2. The Morgan fingerprint density at radius 3 is 2.57 bits per heavy atom. The lowest BCUT2D eigenvalue weighted by molar-refractivity contribution is -0.123. The van der Waals surface area contributed by atoms with Gasteiger partial charge in [-0.25, -0.2) is 4.98 Å². The SMILES string of the molecule is CC(C)CNC(=O)C(C)n1c(N)nc2cc(Cl)c(Cl)cc21. The van der Waals surface area contributed by atoms with Crippen LogP contribution in [0.2, 0.25) is 10.0 Å². The number of halogens is 2. The van der Waals surface area contributed by atoms with Crippen LogP contribution in [0.25, 0.3) is 11.0 Å². The second-order valence-electron chi connectivity index (χ2n) is 5.41. The standard InChI is InChI=1S/C14H18Cl2N4O/c1-7(2)6-18-13(21)8(3)20-12-5-10(16)9(15)4-11(12)19-14(20)17/h4-5,7-8H,6H2,1-3H3,(H2,17,19)(H,18,21). The number of carbonyl (C=O) groups is 1. The van der Waals surface area contributed by atoms with E-state index in [9.17, 15) is 4.79 Å². The fourth-order valence-corrected chi connectivity index (χ4v) is 2.40. The number of carbonyl (C=O) groups excluding carboxylic acids is 1. The molecule has 1 aromatic carbocycles. The van der Waals surface area contributed by atoms with Crippen molar-refractivity contribution in [2.45, 2.75) is 26.8 Å². The fourth-order valence-electron chi connectivity index (χ4n) is 2.09. The lowest BCUT2D eigenvalue weighted by Crippen LogP contribution is -2.33. The molecule has 0 spiro atoms. The topological polar surface area (TPSA) is 72.9 Å². The van der Waals surface area contributed by atoms with Crippen molar-refractivity contribution in [1.82, 2.24) is 14.9 Å². The smallest absolute Gasteiger partial charge is 0.242 e. The third kappa shape index (κ3) is 3.24. The molecule has 1 amide bonds. The van der Waals surface area contributed by atoms with Gasteiger partial charge in [0.15, 0.2) is 0 Å². The van der Waals surface area contributed by atoms with Crippen LogP contribution >= 0.6 is 23.2 Å². The quantitative estimate of drug-likeness (QED) is 0.904. The molecule has 2 aromatic rings.